The molecule has 86 valence electrons. The first-order valence-corrected chi connectivity index (χ1v) is 5.26. The SMILES string of the molecule is CCNC(C)c1nc(CC(C)OC)no1. The molecule has 15 heavy (non-hydrogen) atoms. The van der Waals surface area contributed by atoms with Gasteiger partial charge in [-0.1, -0.05) is 12.1 Å². The van der Waals surface area contributed by atoms with E-state index in [1.807, 2.05) is 20.8 Å². The monoisotopic (exact) mass is 213 g/mol. The van der Waals surface area contributed by atoms with Gasteiger partial charge in [0.25, 0.3) is 0 Å². The van der Waals surface area contributed by atoms with E-state index in [0.29, 0.717) is 18.1 Å². The highest BCUT2D eigenvalue weighted by Crippen LogP contribution is 2.10. The van der Waals surface area contributed by atoms with Gasteiger partial charge in [0.15, 0.2) is 5.82 Å². The van der Waals surface area contributed by atoms with Crippen LogP contribution in [0.1, 0.15) is 38.5 Å². The van der Waals surface area contributed by atoms with Crippen LogP contribution in [-0.4, -0.2) is 29.9 Å². The lowest BCUT2D eigenvalue weighted by atomic mass is 10.3. The zero-order valence-electron chi connectivity index (χ0n) is 9.78. The minimum atomic E-state index is 0.106. The van der Waals surface area contributed by atoms with E-state index in [9.17, 15) is 0 Å². The molecule has 1 aromatic rings. The van der Waals surface area contributed by atoms with Crippen molar-refractivity contribution >= 4 is 0 Å². The number of aromatic nitrogens is 2. The van der Waals surface area contributed by atoms with Gasteiger partial charge < -0.3 is 14.6 Å². The van der Waals surface area contributed by atoms with Gasteiger partial charge in [0.2, 0.25) is 5.89 Å². The van der Waals surface area contributed by atoms with Gasteiger partial charge in [0.1, 0.15) is 0 Å². The van der Waals surface area contributed by atoms with Crippen molar-refractivity contribution in [3.63, 3.8) is 0 Å². The Morgan fingerprint density at radius 1 is 1.47 bits per heavy atom. The van der Waals surface area contributed by atoms with Gasteiger partial charge in [0.05, 0.1) is 12.1 Å². The summed E-state index contributed by atoms with van der Waals surface area (Å²) in [6, 6.07) is 0.106. The second-order valence-electron chi connectivity index (χ2n) is 3.58. The van der Waals surface area contributed by atoms with Crippen LogP contribution in [0.5, 0.6) is 0 Å². The highest BCUT2D eigenvalue weighted by atomic mass is 16.5. The van der Waals surface area contributed by atoms with E-state index in [4.69, 9.17) is 9.26 Å². The minimum absolute atomic E-state index is 0.106. The lowest BCUT2D eigenvalue weighted by Gasteiger charge is -2.06. The highest BCUT2D eigenvalue weighted by molar-refractivity contribution is 4.92. The van der Waals surface area contributed by atoms with Gasteiger partial charge in [0, 0.05) is 13.5 Å². The molecule has 1 heterocycles. The van der Waals surface area contributed by atoms with Crippen LogP contribution in [0.25, 0.3) is 0 Å². The van der Waals surface area contributed by atoms with Gasteiger partial charge in [-0.15, -0.1) is 0 Å². The number of hydrogen-bond donors (Lipinski definition) is 1. The first-order valence-electron chi connectivity index (χ1n) is 5.26. The third-order valence-corrected chi connectivity index (χ3v) is 2.24. The Balaban J connectivity index is 2.55. The van der Waals surface area contributed by atoms with Gasteiger partial charge in [-0.05, 0) is 20.4 Å². The van der Waals surface area contributed by atoms with Crippen LogP contribution in [0.4, 0.5) is 0 Å². The van der Waals surface area contributed by atoms with E-state index in [2.05, 4.69) is 15.5 Å². The number of ether oxygens (including phenoxy) is 1. The van der Waals surface area contributed by atoms with Crippen LogP contribution in [0.3, 0.4) is 0 Å². The van der Waals surface area contributed by atoms with Crippen LogP contribution in [0.15, 0.2) is 4.52 Å². The molecule has 2 atom stereocenters. The molecule has 5 nitrogen and oxygen atoms in total. The second-order valence-corrected chi connectivity index (χ2v) is 3.58. The van der Waals surface area contributed by atoms with Crippen LogP contribution in [-0.2, 0) is 11.2 Å². The van der Waals surface area contributed by atoms with Crippen molar-refractivity contribution in [2.75, 3.05) is 13.7 Å². The Bertz CT molecular complexity index is 288. The molecule has 0 fully saturated rings. The fraction of sp³-hybridized carbons (Fsp3) is 0.800. The molecule has 0 spiro atoms. The summed E-state index contributed by atoms with van der Waals surface area (Å²) in [5.74, 6) is 1.33. The summed E-state index contributed by atoms with van der Waals surface area (Å²) >= 11 is 0. The molecule has 5 heteroatoms. The Morgan fingerprint density at radius 2 is 2.20 bits per heavy atom. The smallest absolute Gasteiger partial charge is 0.243 e. The van der Waals surface area contributed by atoms with Crippen molar-refractivity contribution in [2.24, 2.45) is 0 Å². The number of hydrogen-bond acceptors (Lipinski definition) is 5. The van der Waals surface area contributed by atoms with E-state index in [-0.39, 0.29) is 12.1 Å². The molecule has 0 aliphatic heterocycles. The van der Waals surface area contributed by atoms with Crippen molar-refractivity contribution in [3.05, 3.63) is 11.7 Å². The molecular weight excluding hydrogens is 194 g/mol. The molecule has 0 amide bonds. The van der Waals surface area contributed by atoms with Crippen molar-refractivity contribution in [1.82, 2.24) is 15.5 Å². The highest BCUT2D eigenvalue weighted by Gasteiger charge is 2.14. The number of nitrogens with zero attached hydrogens (tertiary/aromatic N) is 2. The first kappa shape index (κ1) is 12.1. The molecule has 0 aromatic carbocycles. The van der Waals surface area contributed by atoms with Gasteiger partial charge in [-0.25, -0.2) is 0 Å². The summed E-state index contributed by atoms with van der Waals surface area (Å²) in [6.45, 7) is 6.90. The number of nitrogens with one attached hydrogen (secondary N) is 1. The average Bonchev–Trinajstić information content (AvgIpc) is 2.66. The fourth-order valence-corrected chi connectivity index (χ4v) is 1.26. The largest absolute Gasteiger partial charge is 0.381 e. The molecule has 0 bridgehead atoms. The molecule has 0 aliphatic carbocycles. The molecule has 1 N–H and O–H groups in total. The average molecular weight is 213 g/mol. The number of rotatable bonds is 6. The topological polar surface area (TPSA) is 60.2 Å². The summed E-state index contributed by atoms with van der Waals surface area (Å²) in [5.41, 5.74) is 0. The maximum atomic E-state index is 5.15. The summed E-state index contributed by atoms with van der Waals surface area (Å²) in [4.78, 5) is 4.30. The molecule has 2 unspecified atom stereocenters. The first-order chi connectivity index (χ1) is 7.17. The Kier molecular flexibility index (Phi) is 4.71. The summed E-state index contributed by atoms with van der Waals surface area (Å²) < 4.78 is 10.3. The molecule has 0 aliphatic rings. The summed E-state index contributed by atoms with van der Waals surface area (Å²) in [6.07, 6.45) is 0.795. The van der Waals surface area contributed by atoms with Crippen molar-refractivity contribution < 1.29 is 9.26 Å². The number of methoxy groups -OCH3 is 1. The molecule has 1 rings (SSSR count). The normalized spacial score (nSPS) is 15.2. The molecule has 0 saturated heterocycles. The van der Waals surface area contributed by atoms with E-state index in [1.54, 1.807) is 7.11 Å². The third kappa shape index (κ3) is 3.60. The van der Waals surface area contributed by atoms with Crippen molar-refractivity contribution in [2.45, 2.75) is 39.3 Å². The maximum Gasteiger partial charge on any atom is 0.243 e. The minimum Gasteiger partial charge on any atom is -0.381 e. The Morgan fingerprint density at radius 3 is 2.80 bits per heavy atom. The Labute approximate surface area is 90.2 Å². The van der Waals surface area contributed by atoms with Crippen molar-refractivity contribution in [1.29, 1.82) is 0 Å². The molecule has 1 aromatic heterocycles. The van der Waals surface area contributed by atoms with Gasteiger partial charge in [-0.2, -0.15) is 4.98 Å². The summed E-state index contributed by atoms with van der Waals surface area (Å²) in [5, 5.41) is 7.12. The van der Waals surface area contributed by atoms with Crippen LogP contribution >= 0.6 is 0 Å². The Hall–Kier alpha value is -0.940. The molecule has 0 saturated carbocycles. The molecule has 0 radical (unpaired) electrons. The van der Waals surface area contributed by atoms with Crippen molar-refractivity contribution in [3.8, 4) is 0 Å². The van der Waals surface area contributed by atoms with Crippen LogP contribution < -0.4 is 5.32 Å². The van der Waals surface area contributed by atoms with E-state index < -0.39 is 0 Å². The van der Waals surface area contributed by atoms with Crippen LogP contribution in [0.2, 0.25) is 0 Å². The van der Waals surface area contributed by atoms with E-state index in [1.165, 1.54) is 0 Å². The fourth-order valence-electron chi connectivity index (χ4n) is 1.26. The quantitative estimate of drug-likeness (QED) is 0.772. The zero-order valence-corrected chi connectivity index (χ0v) is 9.78. The standard InChI is InChI=1S/C10H19N3O2/c1-5-11-8(3)10-12-9(13-15-10)6-7(2)14-4/h7-8,11H,5-6H2,1-4H3. The van der Waals surface area contributed by atoms with E-state index in [0.717, 1.165) is 6.54 Å². The maximum absolute atomic E-state index is 5.15. The second kappa shape index (κ2) is 5.82. The van der Waals surface area contributed by atoms with Gasteiger partial charge in [-0.3, -0.25) is 0 Å². The van der Waals surface area contributed by atoms with Crippen LogP contribution in [0, 0.1) is 0 Å². The van der Waals surface area contributed by atoms with Gasteiger partial charge >= 0.3 is 0 Å². The predicted octanol–water partition coefficient (Wildman–Crippen LogP) is 1.32. The zero-order chi connectivity index (χ0) is 11.3. The summed E-state index contributed by atoms with van der Waals surface area (Å²) in [7, 11) is 1.67. The lowest BCUT2D eigenvalue weighted by molar-refractivity contribution is 0.116. The van der Waals surface area contributed by atoms with E-state index >= 15 is 0 Å². The lowest BCUT2D eigenvalue weighted by Crippen LogP contribution is -2.18. The molecular formula is C10H19N3O2. The third-order valence-electron chi connectivity index (χ3n) is 2.24. The predicted molar refractivity (Wildman–Crippen MR) is 56.6 cm³/mol.